The molecule has 1 aliphatic heterocycles. The van der Waals surface area contributed by atoms with Crippen molar-refractivity contribution in [2.75, 3.05) is 58.5 Å². The highest BCUT2D eigenvalue weighted by molar-refractivity contribution is 5.90. The second-order valence-electron chi connectivity index (χ2n) is 12.8. The Morgan fingerprint density at radius 2 is 1.73 bits per heavy atom. The van der Waals surface area contributed by atoms with E-state index in [0.717, 1.165) is 50.5 Å². The number of hydrogen-bond donors (Lipinski definition) is 3. The fraction of sp³-hybridized carbons (Fsp3) is 0.719. The van der Waals surface area contributed by atoms with Crippen LogP contribution in [-0.4, -0.2) is 98.7 Å². The molecule has 1 aromatic rings. The molecule has 44 heavy (non-hydrogen) atoms. The Hall–Kier alpha value is -3.09. The van der Waals surface area contributed by atoms with E-state index in [1.165, 1.54) is 0 Å². The van der Waals surface area contributed by atoms with E-state index < -0.39 is 28.8 Å². The first-order valence-corrected chi connectivity index (χ1v) is 15.8. The van der Waals surface area contributed by atoms with Gasteiger partial charge in [0.15, 0.2) is 0 Å². The van der Waals surface area contributed by atoms with Crippen molar-refractivity contribution in [3.8, 4) is 0 Å². The summed E-state index contributed by atoms with van der Waals surface area (Å²) in [5.74, 6) is -0.134. The number of amides is 3. The number of anilines is 1. The zero-order chi connectivity index (χ0) is 32.0. The van der Waals surface area contributed by atoms with E-state index in [0.29, 0.717) is 51.6 Å². The molecule has 1 saturated heterocycles. The molecule has 1 unspecified atom stereocenters. The van der Waals surface area contributed by atoms with Crippen molar-refractivity contribution in [2.45, 2.75) is 84.2 Å². The van der Waals surface area contributed by atoms with E-state index in [-0.39, 0.29) is 31.6 Å². The quantitative estimate of drug-likeness (QED) is 0.175. The fourth-order valence-electron chi connectivity index (χ4n) is 5.91. The van der Waals surface area contributed by atoms with Crippen molar-refractivity contribution in [2.24, 2.45) is 10.8 Å². The van der Waals surface area contributed by atoms with Crippen molar-refractivity contribution in [1.29, 1.82) is 0 Å². The summed E-state index contributed by atoms with van der Waals surface area (Å²) in [6.07, 6.45) is 7.67. The Morgan fingerprint density at radius 3 is 2.39 bits per heavy atom. The number of carbonyl (C=O) groups excluding carboxylic acids is 4. The van der Waals surface area contributed by atoms with Crippen LogP contribution in [0.1, 0.15) is 71.4 Å². The van der Waals surface area contributed by atoms with E-state index >= 15 is 0 Å². The molecule has 1 saturated carbocycles. The summed E-state index contributed by atoms with van der Waals surface area (Å²) in [6, 6.07) is 4.36. The van der Waals surface area contributed by atoms with Crippen LogP contribution in [0.25, 0.3) is 0 Å². The SMILES string of the molecule is CC(C)(C)C(NC(=O)COCCOCCOCCNC(=O)C1(Cc2cccc(N)n2)CCCCC1)C(=O)N1CCC[C@H]1C=O. The first-order valence-electron chi connectivity index (χ1n) is 15.8. The van der Waals surface area contributed by atoms with Gasteiger partial charge in [0.25, 0.3) is 0 Å². The van der Waals surface area contributed by atoms with Gasteiger partial charge in [-0.15, -0.1) is 0 Å². The molecule has 2 fully saturated rings. The Labute approximate surface area is 261 Å². The Bertz CT molecular complexity index is 1090. The maximum absolute atomic E-state index is 13.2. The van der Waals surface area contributed by atoms with Crippen molar-refractivity contribution in [3.63, 3.8) is 0 Å². The second kappa shape index (κ2) is 17.4. The van der Waals surface area contributed by atoms with Crippen LogP contribution in [0.5, 0.6) is 0 Å². The van der Waals surface area contributed by atoms with Gasteiger partial charge in [-0.25, -0.2) is 4.98 Å². The number of rotatable bonds is 17. The van der Waals surface area contributed by atoms with Gasteiger partial charge in [-0.1, -0.05) is 46.1 Å². The molecule has 1 aliphatic carbocycles. The zero-order valence-corrected chi connectivity index (χ0v) is 26.6. The van der Waals surface area contributed by atoms with Gasteiger partial charge in [0, 0.05) is 25.2 Å². The van der Waals surface area contributed by atoms with E-state index in [9.17, 15) is 19.2 Å². The molecule has 4 N–H and O–H groups in total. The van der Waals surface area contributed by atoms with Crippen molar-refractivity contribution >= 4 is 29.8 Å². The minimum absolute atomic E-state index is 0.0434. The van der Waals surface area contributed by atoms with Gasteiger partial charge >= 0.3 is 0 Å². The first-order chi connectivity index (χ1) is 21.1. The molecule has 246 valence electrons. The smallest absolute Gasteiger partial charge is 0.246 e. The van der Waals surface area contributed by atoms with Gasteiger partial charge in [0.1, 0.15) is 24.8 Å². The predicted molar refractivity (Wildman–Crippen MR) is 166 cm³/mol. The number of ether oxygens (including phenoxy) is 3. The van der Waals surface area contributed by atoms with Crippen LogP contribution < -0.4 is 16.4 Å². The lowest BCUT2D eigenvalue weighted by atomic mass is 9.70. The minimum Gasteiger partial charge on any atom is -0.384 e. The fourth-order valence-corrected chi connectivity index (χ4v) is 5.91. The molecule has 3 rings (SSSR count). The molecule has 2 atom stereocenters. The minimum atomic E-state index is -0.759. The highest BCUT2D eigenvalue weighted by atomic mass is 16.5. The molecule has 3 amide bonds. The number of nitrogens with zero attached hydrogens (tertiary/aromatic N) is 2. The molecule has 2 aliphatic rings. The number of hydrogen-bond acceptors (Lipinski definition) is 9. The third kappa shape index (κ3) is 10.8. The van der Waals surface area contributed by atoms with Crippen LogP contribution in [0.15, 0.2) is 18.2 Å². The van der Waals surface area contributed by atoms with Gasteiger partial charge in [-0.3, -0.25) is 14.4 Å². The summed E-state index contributed by atoms with van der Waals surface area (Å²) >= 11 is 0. The number of nitrogen functional groups attached to an aromatic ring is 1. The molecular formula is C32H51N5O7. The zero-order valence-electron chi connectivity index (χ0n) is 26.6. The van der Waals surface area contributed by atoms with E-state index in [4.69, 9.17) is 19.9 Å². The molecule has 0 aromatic carbocycles. The molecule has 12 heteroatoms. The highest BCUT2D eigenvalue weighted by Crippen LogP contribution is 2.39. The predicted octanol–water partition coefficient (Wildman–Crippen LogP) is 2.04. The monoisotopic (exact) mass is 617 g/mol. The van der Waals surface area contributed by atoms with Crippen LogP contribution in [0.4, 0.5) is 5.82 Å². The number of nitrogens with two attached hydrogens (primary N) is 1. The van der Waals surface area contributed by atoms with Gasteiger partial charge < -0.3 is 40.3 Å². The van der Waals surface area contributed by atoms with Crippen molar-refractivity contribution in [3.05, 3.63) is 23.9 Å². The normalized spacial score (nSPS) is 18.9. The lowest BCUT2D eigenvalue weighted by molar-refractivity contribution is -0.142. The van der Waals surface area contributed by atoms with Crippen LogP contribution in [-0.2, 0) is 39.8 Å². The largest absolute Gasteiger partial charge is 0.384 e. The van der Waals surface area contributed by atoms with E-state index in [2.05, 4.69) is 15.6 Å². The summed E-state index contributed by atoms with van der Waals surface area (Å²) in [5.41, 5.74) is 5.70. The van der Waals surface area contributed by atoms with Crippen molar-refractivity contribution < 1.29 is 33.4 Å². The van der Waals surface area contributed by atoms with E-state index in [1.54, 1.807) is 11.0 Å². The standard InChI is InChI=1S/C32H51N5O7/c1-31(2,3)28(29(40)37-15-8-10-25(37)22-38)36-27(39)23-44-20-19-43-18-17-42-16-14-34-30(41)32(12-5-4-6-13-32)21-24-9-7-11-26(33)35-24/h7,9,11,22,25,28H,4-6,8,10,12-21,23H2,1-3H3,(H2,33,35)(H,34,41)(H,36,39)/t25-,28?/m0/s1. The highest BCUT2D eigenvalue weighted by Gasteiger charge is 2.40. The van der Waals surface area contributed by atoms with Gasteiger partial charge in [-0.05, 0) is 43.2 Å². The van der Waals surface area contributed by atoms with Crippen LogP contribution >= 0.6 is 0 Å². The number of aromatic nitrogens is 1. The van der Waals surface area contributed by atoms with Gasteiger partial charge in [0.2, 0.25) is 17.7 Å². The molecule has 0 spiro atoms. The van der Waals surface area contributed by atoms with Crippen LogP contribution in [0.2, 0.25) is 0 Å². The summed E-state index contributed by atoms with van der Waals surface area (Å²) < 4.78 is 16.5. The summed E-state index contributed by atoms with van der Waals surface area (Å²) in [4.78, 5) is 56.1. The molecule has 0 bridgehead atoms. The number of aldehydes is 1. The summed E-state index contributed by atoms with van der Waals surface area (Å²) in [5, 5.41) is 5.83. The number of likely N-dealkylation sites (tertiary alicyclic amines) is 1. The first kappa shape index (κ1) is 35.4. The summed E-state index contributed by atoms with van der Waals surface area (Å²) in [7, 11) is 0. The Balaban J connectivity index is 1.26. The van der Waals surface area contributed by atoms with Gasteiger partial charge in [0.05, 0.1) is 44.5 Å². The third-order valence-corrected chi connectivity index (χ3v) is 8.31. The molecule has 12 nitrogen and oxygen atoms in total. The maximum Gasteiger partial charge on any atom is 0.246 e. The Morgan fingerprint density at radius 1 is 1.05 bits per heavy atom. The molecule has 1 aromatic heterocycles. The molecule has 2 heterocycles. The molecule has 0 radical (unpaired) electrons. The number of carbonyl (C=O) groups is 4. The lowest BCUT2D eigenvalue weighted by Crippen LogP contribution is -2.56. The summed E-state index contributed by atoms with van der Waals surface area (Å²) in [6.45, 7) is 7.93. The van der Waals surface area contributed by atoms with Crippen LogP contribution in [0.3, 0.4) is 0 Å². The average molecular weight is 618 g/mol. The second-order valence-corrected chi connectivity index (χ2v) is 12.8. The lowest BCUT2D eigenvalue weighted by Gasteiger charge is -2.35. The third-order valence-electron chi connectivity index (χ3n) is 8.31. The number of pyridine rings is 1. The number of nitrogens with one attached hydrogen (secondary N) is 2. The van der Waals surface area contributed by atoms with Gasteiger partial charge in [-0.2, -0.15) is 0 Å². The van der Waals surface area contributed by atoms with E-state index in [1.807, 2.05) is 32.9 Å². The Kier molecular flexibility index (Phi) is 14.0. The van der Waals surface area contributed by atoms with Crippen molar-refractivity contribution in [1.82, 2.24) is 20.5 Å². The topological polar surface area (TPSA) is 162 Å². The maximum atomic E-state index is 13.2. The average Bonchev–Trinajstić information content (AvgIpc) is 3.47. The van der Waals surface area contributed by atoms with Crippen LogP contribution in [0, 0.1) is 10.8 Å². The molecular weight excluding hydrogens is 566 g/mol.